The van der Waals surface area contributed by atoms with Gasteiger partial charge in [-0.3, -0.25) is 4.79 Å². The number of ether oxygens (including phenoxy) is 2. The molecule has 1 amide bonds. The fourth-order valence-electron chi connectivity index (χ4n) is 2.44. The summed E-state index contributed by atoms with van der Waals surface area (Å²) in [5.41, 5.74) is 1.51. The van der Waals surface area contributed by atoms with Crippen LogP contribution in [0.5, 0.6) is 11.5 Å². The molecule has 0 bridgehead atoms. The second-order valence-electron chi connectivity index (χ2n) is 5.45. The van der Waals surface area contributed by atoms with Crippen LogP contribution < -0.4 is 14.8 Å². The van der Waals surface area contributed by atoms with Crippen molar-refractivity contribution in [2.45, 2.75) is 13.8 Å². The lowest BCUT2D eigenvalue weighted by Crippen LogP contribution is -2.12. The van der Waals surface area contributed by atoms with Gasteiger partial charge >= 0.3 is 0 Å². The van der Waals surface area contributed by atoms with Gasteiger partial charge in [0.25, 0.3) is 5.91 Å². The summed E-state index contributed by atoms with van der Waals surface area (Å²) < 4.78 is 16.0. The van der Waals surface area contributed by atoms with Crippen LogP contribution in [0.15, 0.2) is 47.1 Å². The van der Waals surface area contributed by atoms with Crippen molar-refractivity contribution in [1.82, 2.24) is 10.3 Å². The van der Waals surface area contributed by atoms with Gasteiger partial charge in [-0.1, -0.05) is 11.6 Å². The van der Waals surface area contributed by atoms with Crippen molar-refractivity contribution in [2.75, 3.05) is 18.5 Å². The lowest BCUT2D eigenvalue weighted by Gasteiger charge is -2.12. The van der Waals surface area contributed by atoms with Crippen molar-refractivity contribution >= 4 is 23.3 Å². The molecule has 1 heterocycles. The van der Waals surface area contributed by atoms with Crippen LogP contribution in [0.2, 0.25) is 5.02 Å². The first kappa shape index (κ1) is 18.7. The third-order valence-electron chi connectivity index (χ3n) is 3.64. The van der Waals surface area contributed by atoms with Gasteiger partial charge in [-0.25, -0.2) is 4.63 Å². The number of nitrogens with one attached hydrogen (secondary N) is 1. The maximum atomic E-state index is 12.4. The van der Waals surface area contributed by atoms with Gasteiger partial charge in [0.1, 0.15) is 0 Å². The average Bonchev–Trinajstić information content (AvgIpc) is 3.12. The zero-order valence-corrected chi connectivity index (χ0v) is 15.6. The van der Waals surface area contributed by atoms with Crippen molar-refractivity contribution < 1.29 is 18.9 Å². The van der Waals surface area contributed by atoms with Gasteiger partial charge in [0.2, 0.25) is 5.82 Å². The molecule has 1 N–H and O–H groups in total. The van der Waals surface area contributed by atoms with E-state index in [1.165, 1.54) is 0 Å². The third kappa shape index (κ3) is 4.38. The summed E-state index contributed by atoms with van der Waals surface area (Å²) >= 11 is 5.85. The Morgan fingerprint density at radius 1 is 1.04 bits per heavy atom. The lowest BCUT2D eigenvalue weighted by molar-refractivity contribution is 0.102. The number of rotatable bonds is 7. The third-order valence-corrected chi connectivity index (χ3v) is 3.90. The van der Waals surface area contributed by atoms with Gasteiger partial charge < -0.3 is 14.8 Å². The zero-order valence-electron chi connectivity index (χ0n) is 14.9. The fraction of sp³-hybridized carbons (Fsp3) is 0.211. The highest BCUT2D eigenvalue weighted by atomic mass is 35.5. The molecule has 0 saturated carbocycles. The largest absolute Gasteiger partial charge is 0.490 e. The molecule has 1 aromatic heterocycles. The van der Waals surface area contributed by atoms with E-state index in [-0.39, 0.29) is 11.7 Å². The van der Waals surface area contributed by atoms with Gasteiger partial charge in [-0.15, -0.1) is 0 Å². The summed E-state index contributed by atoms with van der Waals surface area (Å²) in [6, 6.07) is 11.9. The summed E-state index contributed by atoms with van der Waals surface area (Å²) in [6.07, 6.45) is 0. The zero-order chi connectivity index (χ0) is 19.2. The molecule has 0 aliphatic rings. The Morgan fingerprint density at radius 3 is 2.44 bits per heavy atom. The van der Waals surface area contributed by atoms with Crippen LogP contribution in [0.4, 0.5) is 5.82 Å². The minimum absolute atomic E-state index is 0.210. The number of anilines is 1. The molecule has 0 aliphatic heterocycles. The van der Waals surface area contributed by atoms with E-state index in [0.29, 0.717) is 46.6 Å². The van der Waals surface area contributed by atoms with Crippen LogP contribution in [-0.2, 0) is 0 Å². The molecule has 140 valence electrons. The molecule has 3 aromatic rings. The number of carbonyl (C=O) groups excluding carboxylic acids is 1. The summed E-state index contributed by atoms with van der Waals surface area (Å²) in [6.45, 7) is 4.79. The Hall–Kier alpha value is -3.06. The molecule has 0 saturated heterocycles. The number of halogens is 1. The highest BCUT2D eigenvalue weighted by Gasteiger charge is 2.18. The number of nitrogens with zero attached hydrogens (tertiary/aromatic N) is 2. The maximum absolute atomic E-state index is 12.4. The van der Waals surface area contributed by atoms with Crippen LogP contribution >= 0.6 is 11.6 Å². The molecule has 3 rings (SSSR count). The van der Waals surface area contributed by atoms with Crippen molar-refractivity contribution in [1.29, 1.82) is 0 Å². The molecule has 0 fully saturated rings. The minimum Gasteiger partial charge on any atom is -0.490 e. The maximum Gasteiger partial charge on any atom is 0.256 e. The van der Waals surface area contributed by atoms with Crippen LogP contribution in [0.1, 0.15) is 24.2 Å². The number of carbonyl (C=O) groups is 1. The van der Waals surface area contributed by atoms with E-state index in [9.17, 15) is 4.79 Å². The number of benzene rings is 2. The predicted octanol–water partition coefficient (Wildman–Crippen LogP) is 4.44. The summed E-state index contributed by atoms with van der Waals surface area (Å²) in [7, 11) is 0. The van der Waals surface area contributed by atoms with E-state index >= 15 is 0 Å². The lowest BCUT2D eigenvalue weighted by atomic mass is 10.1. The van der Waals surface area contributed by atoms with Crippen molar-refractivity contribution in [2.24, 2.45) is 0 Å². The first-order valence-electron chi connectivity index (χ1n) is 8.41. The number of hydrogen-bond donors (Lipinski definition) is 1. The molecule has 0 radical (unpaired) electrons. The summed E-state index contributed by atoms with van der Waals surface area (Å²) in [5, 5.41) is 10.9. The molecule has 2 aromatic carbocycles. The predicted molar refractivity (Wildman–Crippen MR) is 101 cm³/mol. The Bertz CT molecular complexity index is 925. The number of aromatic nitrogens is 2. The second-order valence-corrected chi connectivity index (χ2v) is 5.89. The smallest absolute Gasteiger partial charge is 0.256 e. The van der Waals surface area contributed by atoms with Crippen molar-refractivity contribution in [3.05, 3.63) is 53.1 Å². The molecular weight excluding hydrogens is 370 g/mol. The first-order valence-corrected chi connectivity index (χ1v) is 8.79. The molecular formula is C19H18ClN3O4. The molecule has 0 atom stereocenters. The van der Waals surface area contributed by atoms with E-state index in [1.807, 2.05) is 13.8 Å². The number of amides is 1. The summed E-state index contributed by atoms with van der Waals surface area (Å²) in [5.74, 6) is 1.07. The van der Waals surface area contributed by atoms with Gasteiger partial charge in [-0.05, 0) is 66.6 Å². The average molecular weight is 388 g/mol. The Morgan fingerprint density at radius 2 is 1.74 bits per heavy atom. The highest BCUT2D eigenvalue weighted by molar-refractivity contribution is 6.30. The van der Waals surface area contributed by atoms with Crippen LogP contribution in [0.25, 0.3) is 11.3 Å². The molecule has 0 unspecified atom stereocenters. The summed E-state index contributed by atoms with van der Waals surface area (Å²) in [4.78, 5) is 12.4. The van der Waals surface area contributed by atoms with Gasteiger partial charge in [-0.2, -0.15) is 0 Å². The van der Waals surface area contributed by atoms with Gasteiger partial charge in [0, 0.05) is 16.1 Å². The van der Waals surface area contributed by atoms with E-state index in [0.717, 1.165) is 0 Å². The standard InChI is InChI=1S/C19H18ClN3O4/c1-3-25-15-10-7-13(11-16(15)26-4-2)17-18(23-27-22-17)21-19(24)12-5-8-14(20)9-6-12/h5-11H,3-4H2,1-2H3,(H,21,23,24). The molecule has 7 nitrogen and oxygen atoms in total. The quantitative estimate of drug-likeness (QED) is 0.645. The topological polar surface area (TPSA) is 86.5 Å². The Labute approximate surface area is 161 Å². The SMILES string of the molecule is CCOc1ccc(-c2nonc2NC(=O)c2ccc(Cl)cc2)cc1OCC. The fourth-order valence-corrected chi connectivity index (χ4v) is 2.57. The van der Waals surface area contributed by atoms with Crippen LogP contribution in [-0.4, -0.2) is 29.4 Å². The normalized spacial score (nSPS) is 10.5. The number of hydrogen-bond acceptors (Lipinski definition) is 6. The van der Waals surface area contributed by atoms with Gasteiger partial charge in [0.15, 0.2) is 17.2 Å². The van der Waals surface area contributed by atoms with Gasteiger partial charge in [0.05, 0.1) is 13.2 Å². The minimum atomic E-state index is -0.348. The van der Waals surface area contributed by atoms with Crippen LogP contribution in [0, 0.1) is 0 Å². The molecule has 0 spiro atoms. The second kappa shape index (κ2) is 8.55. The van der Waals surface area contributed by atoms with Crippen molar-refractivity contribution in [3.63, 3.8) is 0 Å². The molecule has 8 heteroatoms. The molecule has 27 heavy (non-hydrogen) atoms. The monoisotopic (exact) mass is 387 g/mol. The van der Waals surface area contributed by atoms with Crippen LogP contribution in [0.3, 0.4) is 0 Å². The molecule has 0 aliphatic carbocycles. The Balaban J connectivity index is 1.87. The van der Waals surface area contributed by atoms with E-state index in [1.54, 1.807) is 42.5 Å². The van der Waals surface area contributed by atoms with E-state index in [4.69, 9.17) is 25.7 Å². The van der Waals surface area contributed by atoms with E-state index in [2.05, 4.69) is 15.6 Å². The first-order chi connectivity index (χ1) is 13.1. The Kier molecular flexibility index (Phi) is 5.93. The highest BCUT2D eigenvalue weighted by Crippen LogP contribution is 2.34. The van der Waals surface area contributed by atoms with Crippen molar-refractivity contribution in [3.8, 4) is 22.8 Å². The van der Waals surface area contributed by atoms with E-state index < -0.39 is 0 Å².